The topological polar surface area (TPSA) is 86.7 Å². The average Bonchev–Trinajstić information content (AvgIpc) is 2.55. The van der Waals surface area contributed by atoms with E-state index >= 15 is 0 Å². The summed E-state index contributed by atoms with van der Waals surface area (Å²) in [4.78, 5) is 11.5. The Bertz CT molecular complexity index is 610. The zero-order valence-electron chi connectivity index (χ0n) is 13.3. The van der Waals surface area contributed by atoms with Crippen LogP contribution in [0.4, 0.5) is 0 Å². The molecule has 1 heterocycles. The maximum absolute atomic E-state index is 12.9. The summed E-state index contributed by atoms with van der Waals surface area (Å²) in [6.07, 6.45) is 1.68. The van der Waals surface area contributed by atoms with Gasteiger partial charge in [0.2, 0.25) is 15.9 Å². The smallest absolute Gasteiger partial charge is 0.244 e. The molecule has 7 heteroatoms. The Morgan fingerprint density at radius 3 is 2.48 bits per heavy atom. The molecule has 1 saturated heterocycles. The van der Waals surface area contributed by atoms with Crippen LogP contribution in [-0.2, 0) is 21.2 Å². The molecule has 0 saturated carbocycles. The van der Waals surface area contributed by atoms with Gasteiger partial charge in [-0.05, 0) is 30.7 Å². The molecule has 1 aliphatic heterocycles. The highest BCUT2D eigenvalue weighted by atomic mass is 32.2. The lowest BCUT2D eigenvalue weighted by Crippen LogP contribution is -2.45. The number of hydrogen-bond donors (Lipinski definition) is 2. The number of amides is 1. The van der Waals surface area contributed by atoms with E-state index in [1.807, 2.05) is 30.3 Å². The third-order valence-electron chi connectivity index (χ3n) is 4.37. The maximum atomic E-state index is 12.9. The SMILES string of the molecule is CC1CCN(S(=O)(=O)C(CC(=O)NO)Cc2ccccc2)CC1. The lowest BCUT2D eigenvalue weighted by Gasteiger charge is -2.32. The van der Waals surface area contributed by atoms with Crippen LogP contribution in [0, 0.1) is 5.92 Å². The van der Waals surface area contributed by atoms with Gasteiger partial charge in [0.1, 0.15) is 0 Å². The van der Waals surface area contributed by atoms with Gasteiger partial charge < -0.3 is 0 Å². The first-order chi connectivity index (χ1) is 10.9. The van der Waals surface area contributed by atoms with Crippen LogP contribution >= 0.6 is 0 Å². The van der Waals surface area contributed by atoms with Crippen molar-refractivity contribution in [1.82, 2.24) is 9.79 Å². The molecule has 1 aliphatic rings. The standard InChI is InChI=1S/C16H24N2O4S/c1-13-7-9-18(10-8-13)23(21,22)15(12-16(19)17-20)11-14-5-3-2-4-6-14/h2-6,13,15,20H,7-12H2,1H3,(H,17,19). The predicted molar refractivity (Wildman–Crippen MR) is 87.4 cm³/mol. The van der Waals surface area contributed by atoms with Crippen LogP contribution in [0.5, 0.6) is 0 Å². The van der Waals surface area contributed by atoms with E-state index in [1.54, 1.807) is 5.48 Å². The van der Waals surface area contributed by atoms with Crippen molar-refractivity contribution in [1.29, 1.82) is 0 Å². The molecule has 0 radical (unpaired) electrons. The van der Waals surface area contributed by atoms with E-state index in [1.165, 1.54) is 4.31 Å². The van der Waals surface area contributed by atoms with E-state index in [0.717, 1.165) is 18.4 Å². The number of piperidine rings is 1. The molecule has 1 atom stereocenters. The molecule has 128 valence electrons. The Labute approximate surface area is 137 Å². The number of carbonyl (C=O) groups is 1. The monoisotopic (exact) mass is 340 g/mol. The molecule has 0 aromatic heterocycles. The first kappa shape index (κ1) is 17.9. The van der Waals surface area contributed by atoms with Gasteiger partial charge in [-0.1, -0.05) is 37.3 Å². The van der Waals surface area contributed by atoms with Crippen molar-refractivity contribution < 1.29 is 18.4 Å². The second-order valence-corrected chi connectivity index (χ2v) is 8.39. The number of benzene rings is 1. The minimum Gasteiger partial charge on any atom is -0.289 e. The van der Waals surface area contributed by atoms with Gasteiger partial charge in [-0.25, -0.2) is 18.2 Å². The van der Waals surface area contributed by atoms with Crippen molar-refractivity contribution in [2.24, 2.45) is 5.92 Å². The van der Waals surface area contributed by atoms with Gasteiger partial charge in [0, 0.05) is 19.5 Å². The molecule has 23 heavy (non-hydrogen) atoms. The molecule has 0 bridgehead atoms. The second kappa shape index (κ2) is 7.90. The summed E-state index contributed by atoms with van der Waals surface area (Å²) in [6.45, 7) is 3.11. The quantitative estimate of drug-likeness (QED) is 0.608. The van der Waals surface area contributed by atoms with E-state index in [9.17, 15) is 13.2 Å². The van der Waals surface area contributed by atoms with E-state index < -0.39 is 21.2 Å². The number of sulfonamides is 1. The molecule has 1 aromatic carbocycles. The summed E-state index contributed by atoms with van der Waals surface area (Å²) in [5.74, 6) is -0.158. The van der Waals surface area contributed by atoms with Crippen LogP contribution in [0.15, 0.2) is 30.3 Å². The van der Waals surface area contributed by atoms with Gasteiger partial charge in [-0.2, -0.15) is 0 Å². The van der Waals surface area contributed by atoms with Crippen molar-refractivity contribution in [3.8, 4) is 0 Å². The zero-order valence-corrected chi connectivity index (χ0v) is 14.1. The zero-order chi connectivity index (χ0) is 16.9. The van der Waals surface area contributed by atoms with Gasteiger partial charge in [-0.3, -0.25) is 10.0 Å². The highest BCUT2D eigenvalue weighted by molar-refractivity contribution is 7.89. The number of carbonyl (C=O) groups excluding carboxylic acids is 1. The Morgan fingerprint density at radius 2 is 1.91 bits per heavy atom. The first-order valence-electron chi connectivity index (χ1n) is 7.89. The van der Waals surface area contributed by atoms with Gasteiger partial charge in [-0.15, -0.1) is 0 Å². The summed E-state index contributed by atoms with van der Waals surface area (Å²) in [5, 5.41) is 7.88. The minimum absolute atomic E-state index is 0.250. The van der Waals surface area contributed by atoms with Crippen LogP contribution in [0.2, 0.25) is 0 Å². The molecule has 2 rings (SSSR count). The Morgan fingerprint density at radius 1 is 1.30 bits per heavy atom. The van der Waals surface area contributed by atoms with Crippen LogP contribution in [0.3, 0.4) is 0 Å². The highest BCUT2D eigenvalue weighted by Crippen LogP contribution is 2.24. The maximum Gasteiger partial charge on any atom is 0.244 e. The van der Waals surface area contributed by atoms with Crippen LogP contribution in [0.1, 0.15) is 31.7 Å². The van der Waals surface area contributed by atoms with E-state index in [4.69, 9.17) is 5.21 Å². The fourth-order valence-corrected chi connectivity index (χ4v) is 4.77. The summed E-state index contributed by atoms with van der Waals surface area (Å²) >= 11 is 0. The Kier molecular flexibility index (Phi) is 6.15. The molecular formula is C16H24N2O4S. The summed E-state index contributed by atoms with van der Waals surface area (Å²) < 4.78 is 27.3. The third kappa shape index (κ3) is 4.76. The van der Waals surface area contributed by atoms with Gasteiger partial charge in [0.15, 0.2) is 0 Å². The minimum atomic E-state index is -3.59. The number of nitrogens with zero attached hydrogens (tertiary/aromatic N) is 1. The van der Waals surface area contributed by atoms with Gasteiger partial charge in [0.25, 0.3) is 0 Å². The first-order valence-corrected chi connectivity index (χ1v) is 9.39. The summed E-state index contributed by atoms with van der Waals surface area (Å²) in [6, 6.07) is 9.23. The Hall–Kier alpha value is -1.44. The third-order valence-corrected chi connectivity index (χ3v) is 6.63. The molecule has 1 aromatic rings. The predicted octanol–water partition coefficient (Wildman–Crippen LogP) is 1.55. The number of nitrogens with one attached hydrogen (secondary N) is 1. The molecular weight excluding hydrogens is 316 g/mol. The fraction of sp³-hybridized carbons (Fsp3) is 0.562. The van der Waals surface area contributed by atoms with E-state index in [0.29, 0.717) is 19.0 Å². The molecule has 1 amide bonds. The van der Waals surface area contributed by atoms with Crippen molar-refractivity contribution in [3.05, 3.63) is 35.9 Å². The lowest BCUT2D eigenvalue weighted by atomic mass is 10.0. The fourth-order valence-electron chi connectivity index (χ4n) is 2.86. The molecule has 1 fully saturated rings. The molecule has 0 spiro atoms. The van der Waals surface area contributed by atoms with Crippen LogP contribution in [-0.4, -0.2) is 42.2 Å². The van der Waals surface area contributed by atoms with E-state index in [-0.39, 0.29) is 12.8 Å². The molecule has 1 unspecified atom stereocenters. The number of hydroxylamine groups is 1. The summed E-state index contributed by atoms with van der Waals surface area (Å²) in [5.41, 5.74) is 2.40. The van der Waals surface area contributed by atoms with Gasteiger partial charge >= 0.3 is 0 Å². The Balaban J connectivity index is 2.19. The molecule has 6 nitrogen and oxygen atoms in total. The molecule has 0 aliphatic carbocycles. The van der Waals surface area contributed by atoms with Crippen molar-refractivity contribution >= 4 is 15.9 Å². The summed E-state index contributed by atoms with van der Waals surface area (Å²) in [7, 11) is -3.59. The van der Waals surface area contributed by atoms with Crippen molar-refractivity contribution in [2.75, 3.05) is 13.1 Å². The average molecular weight is 340 g/mol. The normalized spacial score (nSPS) is 18.5. The molecule has 2 N–H and O–H groups in total. The lowest BCUT2D eigenvalue weighted by molar-refractivity contribution is -0.129. The largest absolute Gasteiger partial charge is 0.289 e. The van der Waals surface area contributed by atoms with Crippen molar-refractivity contribution in [2.45, 2.75) is 37.9 Å². The second-order valence-electron chi connectivity index (χ2n) is 6.18. The van der Waals surface area contributed by atoms with Crippen LogP contribution in [0.25, 0.3) is 0 Å². The van der Waals surface area contributed by atoms with Crippen molar-refractivity contribution in [3.63, 3.8) is 0 Å². The number of rotatable bonds is 6. The van der Waals surface area contributed by atoms with Crippen LogP contribution < -0.4 is 5.48 Å². The van der Waals surface area contributed by atoms with Gasteiger partial charge in [0.05, 0.1) is 5.25 Å². The highest BCUT2D eigenvalue weighted by Gasteiger charge is 2.35. The van der Waals surface area contributed by atoms with E-state index in [2.05, 4.69) is 6.92 Å². The number of hydrogen-bond acceptors (Lipinski definition) is 4.